The number of carbonyl (C=O) groups excluding carboxylic acids is 1. The van der Waals surface area contributed by atoms with Crippen molar-refractivity contribution in [2.45, 2.75) is 72.3 Å². The first-order valence-corrected chi connectivity index (χ1v) is 7.83. The molecule has 0 heterocycles. The lowest BCUT2D eigenvalue weighted by atomic mass is 9.85. The van der Waals surface area contributed by atoms with Crippen LogP contribution in [0.3, 0.4) is 0 Å². The van der Waals surface area contributed by atoms with E-state index in [0.717, 1.165) is 16.7 Å². The number of benzene rings is 1. The summed E-state index contributed by atoms with van der Waals surface area (Å²) in [6, 6.07) is 6.02. The Morgan fingerprint density at radius 3 is 1.91 bits per heavy atom. The molecule has 0 saturated carbocycles. The van der Waals surface area contributed by atoms with Crippen molar-refractivity contribution in [2.24, 2.45) is 0 Å². The highest BCUT2D eigenvalue weighted by Gasteiger charge is 2.22. The first kappa shape index (κ1) is 18.2. The Morgan fingerprint density at radius 1 is 1.14 bits per heavy atom. The van der Waals surface area contributed by atoms with E-state index in [2.05, 4.69) is 33.8 Å². The summed E-state index contributed by atoms with van der Waals surface area (Å²) >= 11 is 0. The topological polar surface area (TPSA) is 50.1 Å². The predicted octanol–water partition coefficient (Wildman–Crippen LogP) is 4.69. The van der Waals surface area contributed by atoms with Crippen molar-refractivity contribution in [3.8, 4) is 6.07 Å². The second kappa shape index (κ2) is 6.96. The maximum absolute atomic E-state index is 12.2. The van der Waals surface area contributed by atoms with Crippen molar-refractivity contribution in [3.05, 3.63) is 34.4 Å². The molecule has 1 aromatic rings. The zero-order valence-electron chi connectivity index (χ0n) is 14.8. The van der Waals surface area contributed by atoms with Crippen molar-refractivity contribution >= 4 is 5.97 Å². The largest absolute Gasteiger partial charge is 0.460 e. The number of nitrogens with zero attached hydrogens (tertiary/aromatic N) is 1. The van der Waals surface area contributed by atoms with Gasteiger partial charge in [0.15, 0.2) is 0 Å². The maximum Gasteiger partial charge on any atom is 0.310 e. The first-order chi connectivity index (χ1) is 10.0. The van der Waals surface area contributed by atoms with Crippen LogP contribution in [0.4, 0.5) is 0 Å². The van der Waals surface area contributed by atoms with Crippen molar-refractivity contribution < 1.29 is 9.53 Å². The standard InChI is InChI=1S/C19H27NO2/c1-12(2)15-8-14(11-20)9-16(13(3)4)17(15)10-18(21)22-19(5,6)7/h8-9,12-13H,10H2,1-7H3. The molecule has 3 heteroatoms. The predicted molar refractivity (Wildman–Crippen MR) is 88.9 cm³/mol. The number of carbonyl (C=O) groups is 1. The Morgan fingerprint density at radius 2 is 1.59 bits per heavy atom. The van der Waals surface area contributed by atoms with E-state index in [1.165, 1.54) is 0 Å². The lowest BCUT2D eigenvalue weighted by Crippen LogP contribution is -2.25. The van der Waals surface area contributed by atoms with Crippen LogP contribution in [0.2, 0.25) is 0 Å². The van der Waals surface area contributed by atoms with Crippen LogP contribution in [0.25, 0.3) is 0 Å². The molecule has 0 aliphatic heterocycles. The van der Waals surface area contributed by atoms with E-state index in [9.17, 15) is 10.1 Å². The van der Waals surface area contributed by atoms with E-state index in [-0.39, 0.29) is 24.2 Å². The zero-order chi connectivity index (χ0) is 17.1. The third kappa shape index (κ3) is 4.87. The zero-order valence-corrected chi connectivity index (χ0v) is 14.8. The Labute approximate surface area is 134 Å². The second-order valence-electron chi connectivity index (χ2n) is 7.32. The molecule has 0 aliphatic carbocycles. The van der Waals surface area contributed by atoms with Gasteiger partial charge in [0.2, 0.25) is 0 Å². The molecular formula is C19H27NO2. The summed E-state index contributed by atoms with van der Waals surface area (Å²) in [4.78, 5) is 12.2. The summed E-state index contributed by atoms with van der Waals surface area (Å²) in [6.07, 6.45) is 0.254. The lowest BCUT2D eigenvalue weighted by molar-refractivity contribution is -0.153. The Hall–Kier alpha value is -1.82. The van der Waals surface area contributed by atoms with Gasteiger partial charge in [0.05, 0.1) is 18.1 Å². The summed E-state index contributed by atoms with van der Waals surface area (Å²) in [6.45, 7) is 13.9. The molecule has 0 unspecified atom stereocenters. The van der Waals surface area contributed by atoms with Gasteiger partial charge in [-0.1, -0.05) is 27.7 Å². The van der Waals surface area contributed by atoms with Crippen LogP contribution in [0.15, 0.2) is 12.1 Å². The summed E-state index contributed by atoms with van der Waals surface area (Å²) in [7, 11) is 0. The normalized spacial score (nSPS) is 11.6. The fourth-order valence-electron chi connectivity index (χ4n) is 2.54. The molecule has 0 amide bonds. The second-order valence-corrected chi connectivity index (χ2v) is 7.32. The number of hydrogen-bond donors (Lipinski definition) is 0. The van der Waals surface area contributed by atoms with Crippen molar-refractivity contribution in [3.63, 3.8) is 0 Å². The minimum absolute atomic E-state index is 0.221. The molecule has 0 saturated heterocycles. The monoisotopic (exact) mass is 301 g/mol. The summed E-state index contributed by atoms with van der Waals surface area (Å²) in [5.41, 5.74) is 3.31. The first-order valence-electron chi connectivity index (χ1n) is 7.83. The molecule has 0 radical (unpaired) electrons. The van der Waals surface area contributed by atoms with Gasteiger partial charge in [-0.15, -0.1) is 0 Å². The average molecular weight is 301 g/mol. The lowest BCUT2D eigenvalue weighted by Gasteiger charge is -2.23. The Balaban J connectivity index is 3.32. The summed E-state index contributed by atoms with van der Waals surface area (Å²) in [5.74, 6) is 0.285. The average Bonchev–Trinajstić information content (AvgIpc) is 2.35. The van der Waals surface area contributed by atoms with E-state index in [0.29, 0.717) is 5.56 Å². The highest BCUT2D eigenvalue weighted by atomic mass is 16.6. The van der Waals surface area contributed by atoms with E-state index < -0.39 is 5.60 Å². The van der Waals surface area contributed by atoms with Crippen LogP contribution in [0.1, 0.15) is 82.6 Å². The van der Waals surface area contributed by atoms with Crippen LogP contribution in [-0.4, -0.2) is 11.6 Å². The molecule has 1 aromatic carbocycles. The van der Waals surface area contributed by atoms with Crippen LogP contribution in [0, 0.1) is 11.3 Å². The maximum atomic E-state index is 12.2. The van der Waals surface area contributed by atoms with E-state index >= 15 is 0 Å². The van der Waals surface area contributed by atoms with Crippen LogP contribution in [0.5, 0.6) is 0 Å². The molecule has 120 valence electrons. The van der Waals surface area contributed by atoms with Gasteiger partial charge >= 0.3 is 5.97 Å². The van der Waals surface area contributed by atoms with Crippen LogP contribution < -0.4 is 0 Å². The minimum atomic E-state index is -0.486. The van der Waals surface area contributed by atoms with Crippen LogP contribution >= 0.6 is 0 Å². The molecule has 22 heavy (non-hydrogen) atoms. The van der Waals surface area contributed by atoms with Gasteiger partial charge in [-0.3, -0.25) is 4.79 Å². The van der Waals surface area contributed by atoms with E-state index in [4.69, 9.17) is 4.74 Å². The third-order valence-electron chi connectivity index (χ3n) is 3.43. The molecule has 0 spiro atoms. The van der Waals surface area contributed by atoms with Gasteiger partial charge in [-0.25, -0.2) is 0 Å². The molecule has 0 atom stereocenters. The fourth-order valence-corrected chi connectivity index (χ4v) is 2.54. The van der Waals surface area contributed by atoms with Crippen molar-refractivity contribution in [1.29, 1.82) is 5.26 Å². The van der Waals surface area contributed by atoms with Gasteiger partial charge in [-0.05, 0) is 61.4 Å². The van der Waals surface area contributed by atoms with E-state index in [1.807, 2.05) is 32.9 Å². The highest BCUT2D eigenvalue weighted by Crippen LogP contribution is 2.30. The number of ether oxygens (including phenoxy) is 1. The molecular weight excluding hydrogens is 274 g/mol. The van der Waals surface area contributed by atoms with Gasteiger partial charge in [0.1, 0.15) is 5.60 Å². The molecule has 0 aliphatic rings. The molecule has 0 N–H and O–H groups in total. The Kier molecular flexibility index (Phi) is 5.77. The molecule has 3 nitrogen and oxygen atoms in total. The SMILES string of the molecule is CC(C)c1cc(C#N)cc(C(C)C)c1CC(=O)OC(C)(C)C. The number of rotatable bonds is 4. The molecule has 0 fully saturated rings. The quantitative estimate of drug-likeness (QED) is 0.758. The molecule has 1 rings (SSSR count). The van der Waals surface area contributed by atoms with Gasteiger partial charge < -0.3 is 4.74 Å². The number of nitriles is 1. The highest BCUT2D eigenvalue weighted by molar-refractivity contribution is 5.74. The third-order valence-corrected chi connectivity index (χ3v) is 3.43. The smallest absolute Gasteiger partial charge is 0.310 e. The van der Waals surface area contributed by atoms with Gasteiger partial charge in [0.25, 0.3) is 0 Å². The molecule has 0 bridgehead atoms. The fraction of sp³-hybridized carbons (Fsp3) is 0.579. The van der Waals surface area contributed by atoms with Crippen LogP contribution in [-0.2, 0) is 16.0 Å². The summed E-state index contributed by atoms with van der Waals surface area (Å²) < 4.78 is 5.46. The van der Waals surface area contributed by atoms with Gasteiger partial charge in [0, 0.05) is 0 Å². The number of esters is 1. The number of hydrogen-bond acceptors (Lipinski definition) is 3. The summed E-state index contributed by atoms with van der Waals surface area (Å²) in [5, 5.41) is 9.23. The van der Waals surface area contributed by atoms with Gasteiger partial charge in [-0.2, -0.15) is 5.26 Å². The minimum Gasteiger partial charge on any atom is -0.460 e. The van der Waals surface area contributed by atoms with Crippen molar-refractivity contribution in [1.82, 2.24) is 0 Å². The molecule has 0 aromatic heterocycles. The van der Waals surface area contributed by atoms with Crippen molar-refractivity contribution in [2.75, 3.05) is 0 Å². The van der Waals surface area contributed by atoms with E-state index in [1.54, 1.807) is 0 Å². The Bertz CT molecular complexity index is 557.